The van der Waals surface area contributed by atoms with Crippen molar-refractivity contribution >= 4 is 0 Å². The zero-order chi connectivity index (χ0) is 12.5. The number of rotatable bonds is 7. The summed E-state index contributed by atoms with van der Waals surface area (Å²) in [4.78, 5) is 0. The smallest absolute Gasteiger partial charge is 0.119 e. The van der Waals surface area contributed by atoms with E-state index in [9.17, 15) is 0 Å². The van der Waals surface area contributed by atoms with E-state index in [1.165, 1.54) is 38.5 Å². The van der Waals surface area contributed by atoms with Gasteiger partial charge in [-0.25, -0.2) is 0 Å². The Morgan fingerprint density at radius 2 is 1.78 bits per heavy atom. The van der Waals surface area contributed by atoms with Crippen LogP contribution in [0.3, 0.4) is 0 Å². The van der Waals surface area contributed by atoms with Crippen molar-refractivity contribution in [3.05, 3.63) is 30.3 Å². The third-order valence-corrected chi connectivity index (χ3v) is 3.74. The van der Waals surface area contributed by atoms with Crippen LogP contribution < -0.4 is 10.1 Å². The van der Waals surface area contributed by atoms with Crippen LogP contribution in [0.4, 0.5) is 0 Å². The van der Waals surface area contributed by atoms with E-state index in [1.54, 1.807) is 0 Å². The van der Waals surface area contributed by atoms with Gasteiger partial charge in [0.2, 0.25) is 0 Å². The average Bonchev–Trinajstić information content (AvgIpc) is 2.45. The molecule has 1 N–H and O–H groups in total. The number of ether oxygens (including phenoxy) is 1. The van der Waals surface area contributed by atoms with E-state index in [2.05, 4.69) is 5.32 Å². The van der Waals surface area contributed by atoms with Crippen molar-refractivity contribution in [2.75, 3.05) is 19.7 Å². The molecule has 2 heteroatoms. The second kappa shape index (κ2) is 8.15. The van der Waals surface area contributed by atoms with Gasteiger partial charge in [0, 0.05) is 6.54 Å². The topological polar surface area (TPSA) is 21.3 Å². The van der Waals surface area contributed by atoms with Crippen LogP contribution in [0, 0.1) is 5.92 Å². The number of hydrogen-bond acceptors (Lipinski definition) is 2. The molecule has 0 radical (unpaired) electrons. The van der Waals surface area contributed by atoms with Crippen LogP contribution in [-0.2, 0) is 0 Å². The van der Waals surface area contributed by atoms with Crippen molar-refractivity contribution in [2.45, 2.75) is 38.5 Å². The maximum absolute atomic E-state index is 5.64. The Bertz CT molecular complexity index is 306. The second-order valence-electron chi connectivity index (χ2n) is 5.20. The first-order valence-corrected chi connectivity index (χ1v) is 7.34. The molecule has 1 fully saturated rings. The van der Waals surface area contributed by atoms with Crippen molar-refractivity contribution in [3.63, 3.8) is 0 Å². The summed E-state index contributed by atoms with van der Waals surface area (Å²) in [5, 5.41) is 3.48. The van der Waals surface area contributed by atoms with Gasteiger partial charge >= 0.3 is 0 Å². The van der Waals surface area contributed by atoms with Gasteiger partial charge in [-0.05, 0) is 31.0 Å². The van der Waals surface area contributed by atoms with Gasteiger partial charge in [-0.1, -0.05) is 50.3 Å². The molecule has 0 heterocycles. The number of hydrogen-bond donors (Lipinski definition) is 1. The third kappa shape index (κ3) is 5.09. The molecule has 1 aliphatic rings. The molecule has 0 aliphatic heterocycles. The Kier molecular flexibility index (Phi) is 6.07. The lowest BCUT2D eigenvalue weighted by Gasteiger charge is -2.21. The number of para-hydroxylation sites is 1. The average molecular weight is 247 g/mol. The fourth-order valence-electron chi connectivity index (χ4n) is 2.66. The van der Waals surface area contributed by atoms with E-state index in [-0.39, 0.29) is 0 Å². The van der Waals surface area contributed by atoms with Gasteiger partial charge in [0.1, 0.15) is 12.4 Å². The molecule has 0 amide bonds. The summed E-state index contributed by atoms with van der Waals surface area (Å²) >= 11 is 0. The summed E-state index contributed by atoms with van der Waals surface area (Å²) in [5.74, 6) is 1.94. The van der Waals surface area contributed by atoms with Crippen molar-refractivity contribution < 1.29 is 4.74 Å². The summed E-state index contributed by atoms with van der Waals surface area (Å²) in [6.07, 6.45) is 8.58. The molecule has 0 unspecified atom stereocenters. The predicted molar refractivity (Wildman–Crippen MR) is 76.0 cm³/mol. The third-order valence-electron chi connectivity index (χ3n) is 3.74. The quantitative estimate of drug-likeness (QED) is 0.743. The second-order valence-corrected chi connectivity index (χ2v) is 5.20. The molecule has 0 aromatic heterocycles. The molecule has 2 rings (SSSR count). The van der Waals surface area contributed by atoms with Gasteiger partial charge < -0.3 is 10.1 Å². The molecular weight excluding hydrogens is 222 g/mol. The largest absolute Gasteiger partial charge is 0.492 e. The van der Waals surface area contributed by atoms with Crippen molar-refractivity contribution in [3.8, 4) is 5.75 Å². The first-order valence-electron chi connectivity index (χ1n) is 7.34. The predicted octanol–water partition coefficient (Wildman–Crippen LogP) is 3.63. The number of benzene rings is 1. The maximum atomic E-state index is 5.64. The highest BCUT2D eigenvalue weighted by molar-refractivity contribution is 5.20. The fraction of sp³-hybridized carbons (Fsp3) is 0.625. The zero-order valence-corrected chi connectivity index (χ0v) is 11.2. The highest BCUT2D eigenvalue weighted by Crippen LogP contribution is 2.25. The lowest BCUT2D eigenvalue weighted by Crippen LogP contribution is -2.24. The molecule has 1 saturated carbocycles. The van der Waals surface area contributed by atoms with Crippen LogP contribution in [0.5, 0.6) is 5.75 Å². The first-order chi connectivity index (χ1) is 8.95. The zero-order valence-electron chi connectivity index (χ0n) is 11.2. The minimum Gasteiger partial charge on any atom is -0.492 e. The number of nitrogens with one attached hydrogen (secondary N) is 1. The normalized spacial score (nSPS) is 16.7. The van der Waals surface area contributed by atoms with Gasteiger partial charge in [0.25, 0.3) is 0 Å². The highest BCUT2D eigenvalue weighted by atomic mass is 16.5. The van der Waals surface area contributed by atoms with E-state index >= 15 is 0 Å². The summed E-state index contributed by atoms with van der Waals surface area (Å²) in [6.45, 7) is 2.85. The van der Waals surface area contributed by atoms with Crippen LogP contribution >= 0.6 is 0 Å². The summed E-state index contributed by atoms with van der Waals surface area (Å²) in [6, 6.07) is 10.0. The van der Waals surface area contributed by atoms with Crippen molar-refractivity contribution in [1.29, 1.82) is 0 Å². The fourth-order valence-corrected chi connectivity index (χ4v) is 2.66. The molecule has 1 aromatic carbocycles. The molecule has 2 nitrogen and oxygen atoms in total. The van der Waals surface area contributed by atoms with Crippen molar-refractivity contribution in [1.82, 2.24) is 5.32 Å². The molecule has 1 aliphatic carbocycles. The molecule has 0 saturated heterocycles. The van der Waals surface area contributed by atoms with E-state index in [1.807, 2.05) is 30.3 Å². The summed E-state index contributed by atoms with van der Waals surface area (Å²) < 4.78 is 5.64. The standard InChI is InChI=1S/C16H25NO/c1-3-7-15(8-4-1)11-12-17-13-14-18-16-9-5-2-6-10-16/h2,5-6,9-10,15,17H,1,3-4,7-8,11-14H2. The molecular formula is C16H25NO. The summed E-state index contributed by atoms with van der Waals surface area (Å²) in [5.41, 5.74) is 0. The molecule has 18 heavy (non-hydrogen) atoms. The van der Waals surface area contributed by atoms with Crippen LogP contribution in [0.1, 0.15) is 38.5 Å². The maximum Gasteiger partial charge on any atom is 0.119 e. The van der Waals surface area contributed by atoms with Crippen LogP contribution in [0.25, 0.3) is 0 Å². The Balaban J connectivity index is 1.46. The van der Waals surface area contributed by atoms with E-state index in [0.717, 1.165) is 31.4 Å². The van der Waals surface area contributed by atoms with E-state index < -0.39 is 0 Å². The molecule has 1 aromatic rings. The minimum atomic E-state index is 0.759. The van der Waals surface area contributed by atoms with E-state index in [0.29, 0.717) is 0 Å². The molecule has 100 valence electrons. The summed E-state index contributed by atoms with van der Waals surface area (Å²) in [7, 11) is 0. The molecule has 0 spiro atoms. The SMILES string of the molecule is c1ccc(OCCNCCC2CCCCC2)cc1. The Labute approximate surface area is 111 Å². The van der Waals surface area contributed by atoms with Crippen LogP contribution in [0.15, 0.2) is 30.3 Å². The monoisotopic (exact) mass is 247 g/mol. The van der Waals surface area contributed by atoms with Gasteiger partial charge in [0.15, 0.2) is 0 Å². The van der Waals surface area contributed by atoms with Crippen LogP contribution in [0.2, 0.25) is 0 Å². The Hall–Kier alpha value is -1.02. The van der Waals surface area contributed by atoms with Crippen molar-refractivity contribution in [2.24, 2.45) is 5.92 Å². The van der Waals surface area contributed by atoms with Gasteiger partial charge in [-0.3, -0.25) is 0 Å². The molecule has 0 bridgehead atoms. The van der Waals surface area contributed by atoms with E-state index in [4.69, 9.17) is 4.74 Å². The lowest BCUT2D eigenvalue weighted by molar-refractivity contribution is 0.301. The minimum absolute atomic E-state index is 0.759. The van der Waals surface area contributed by atoms with Gasteiger partial charge in [-0.2, -0.15) is 0 Å². The lowest BCUT2D eigenvalue weighted by atomic mass is 9.87. The Morgan fingerprint density at radius 3 is 2.56 bits per heavy atom. The van der Waals surface area contributed by atoms with Gasteiger partial charge in [-0.15, -0.1) is 0 Å². The van der Waals surface area contributed by atoms with Crippen LogP contribution in [-0.4, -0.2) is 19.7 Å². The molecule has 0 atom stereocenters. The Morgan fingerprint density at radius 1 is 1.00 bits per heavy atom. The first kappa shape index (κ1) is 13.4. The van der Waals surface area contributed by atoms with Gasteiger partial charge in [0.05, 0.1) is 0 Å². The highest BCUT2D eigenvalue weighted by Gasteiger charge is 2.12.